The molecule has 38 heavy (non-hydrogen) atoms. The molecule has 2 nitrogen and oxygen atoms in total. The summed E-state index contributed by atoms with van der Waals surface area (Å²) in [6, 6.07) is 2.15. The van der Waals surface area contributed by atoms with Crippen LogP contribution in [0.5, 0.6) is 5.75 Å². The molecule has 216 valence electrons. The third-order valence-electron chi connectivity index (χ3n) is 6.91. The Morgan fingerprint density at radius 2 is 1.55 bits per heavy atom. The number of hydrogen-bond donors (Lipinski definition) is 0. The van der Waals surface area contributed by atoms with E-state index in [1.54, 1.807) is 0 Å². The van der Waals surface area contributed by atoms with E-state index in [4.69, 9.17) is 4.74 Å². The number of benzene rings is 1. The lowest BCUT2D eigenvalue weighted by molar-refractivity contribution is 0.0894. The number of fused-ring (bicyclic) bond motifs is 1. The van der Waals surface area contributed by atoms with Crippen LogP contribution in [-0.2, 0) is 6.42 Å². The molecular weight excluding hydrogens is 464 g/mol. The van der Waals surface area contributed by atoms with Crippen molar-refractivity contribution in [3.63, 3.8) is 0 Å². The van der Waals surface area contributed by atoms with Crippen LogP contribution in [0.3, 0.4) is 0 Å². The molecule has 0 N–H and O–H groups in total. The molecule has 2 aliphatic rings. The topological polar surface area (TPSA) is 26.3 Å². The van der Waals surface area contributed by atoms with Crippen molar-refractivity contribution < 1.29 is 9.53 Å². The molecule has 0 radical (unpaired) electrons. The van der Waals surface area contributed by atoms with Gasteiger partial charge >= 0.3 is 0 Å². The lowest BCUT2D eigenvalue weighted by atomic mass is 9.87. The molecular formula is C36H60O2. The standard InChI is InChI=1S/C28H38O2.C4H10.2C2H6/c1-7-22(14-18(2)3)13-12-19(4)17-30-26-16-24-15-25(23-10-8-9-11-23)28(29)27(24)21(6)20(26)5;1-4(2)3;2*1-2/h7,12,14,16,23,25H,8-11,13,15,17H2,1-6H3;4H,1-3H3;2*1-2H3/b19-12+,22-7-;;;. The van der Waals surface area contributed by atoms with Crippen LogP contribution in [0, 0.1) is 31.6 Å². The summed E-state index contributed by atoms with van der Waals surface area (Å²) in [6.45, 7) is 27.7. The molecule has 3 rings (SSSR count). The highest BCUT2D eigenvalue weighted by Gasteiger charge is 2.39. The molecule has 1 aromatic carbocycles. The summed E-state index contributed by atoms with van der Waals surface area (Å²) in [6.07, 6.45) is 13.5. The van der Waals surface area contributed by atoms with Crippen LogP contribution >= 0.6 is 0 Å². The molecule has 0 spiro atoms. The summed E-state index contributed by atoms with van der Waals surface area (Å²) in [4.78, 5) is 13.1. The van der Waals surface area contributed by atoms with Crippen molar-refractivity contribution in [2.75, 3.05) is 6.61 Å². The average Bonchev–Trinajstić information content (AvgIpc) is 3.53. The average molecular weight is 525 g/mol. The molecule has 1 atom stereocenters. The summed E-state index contributed by atoms with van der Waals surface area (Å²) >= 11 is 0. The molecule has 0 aliphatic heterocycles. The molecule has 1 saturated carbocycles. The minimum absolute atomic E-state index is 0.201. The van der Waals surface area contributed by atoms with Crippen molar-refractivity contribution in [3.05, 3.63) is 63.3 Å². The van der Waals surface area contributed by atoms with Gasteiger partial charge in [0.15, 0.2) is 5.78 Å². The van der Waals surface area contributed by atoms with Crippen molar-refractivity contribution in [2.45, 2.75) is 129 Å². The predicted octanol–water partition coefficient (Wildman–Crippen LogP) is 11.2. The van der Waals surface area contributed by atoms with Crippen molar-refractivity contribution >= 4 is 5.78 Å². The van der Waals surface area contributed by atoms with Crippen LogP contribution < -0.4 is 4.74 Å². The number of ketones is 1. The minimum Gasteiger partial charge on any atom is -0.489 e. The van der Waals surface area contributed by atoms with E-state index in [2.05, 4.69) is 86.6 Å². The summed E-state index contributed by atoms with van der Waals surface area (Å²) < 4.78 is 6.23. The summed E-state index contributed by atoms with van der Waals surface area (Å²) in [5, 5.41) is 0. The van der Waals surface area contributed by atoms with E-state index in [0.29, 0.717) is 18.3 Å². The maximum absolute atomic E-state index is 13.1. The van der Waals surface area contributed by atoms with Crippen LogP contribution in [0.4, 0.5) is 0 Å². The second-order valence-electron chi connectivity index (χ2n) is 11.2. The molecule has 2 heteroatoms. The molecule has 1 unspecified atom stereocenters. The van der Waals surface area contributed by atoms with Crippen LogP contribution in [-0.4, -0.2) is 12.4 Å². The maximum Gasteiger partial charge on any atom is 0.167 e. The van der Waals surface area contributed by atoms with E-state index < -0.39 is 0 Å². The zero-order chi connectivity index (χ0) is 29.4. The molecule has 1 aromatic rings. The van der Waals surface area contributed by atoms with Gasteiger partial charge < -0.3 is 4.74 Å². The van der Waals surface area contributed by atoms with E-state index in [9.17, 15) is 4.79 Å². The molecule has 0 heterocycles. The second-order valence-corrected chi connectivity index (χ2v) is 11.2. The monoisotopic (exact) mass is 524 g/mol. The number of carbonyl (C=O) groups excluding carboxylic acids is 1. The highest BCUT2D eigenvalue weighted by Crippen LogP contribution is 2.42. The highest BCUT2D eigenvalue weighted by atomic mass is 16.5. The molecule has 2 aliphatic carbocycles. The van der Waals surface area contributed by atoms with Crippen molar-refractivity contribution in [2.24, 2.45) is 17.8 Å². The lowest BCUT2D eigenvalue weighted by Crippen LogP contribution is -2.18. The van der Waals surface area contributed by atoms with Crippen LogP contribution in [0.15, 0.2) is 41.0 Å². The fourth-order valence-electron chi connectivity index (χ4n) is 5.03. The SMILES string of the molecule is C/C=C(\C=C(C)C)C/C=C(\C)COc1cc2c(c(C)c1C)C(=O)C(C1CCCC1)C2.CC.CC.CC(C)C. The van der Waals surface area contributed by atoms with Gasteiger partial charge in [-0.1, -0.05) is 85.1 Å². The van der Waals surface area contributed by atoms with Crippen LogP contribution in [0.1, 0.15) is 135 Å². The van der Waals surface area contributed by atoms with Gasteiger partial charge in [-0.15, -0.1) is 0 Å². The van der Waals surface area contributed by atoms with Gasteiger partial charge in [0.05, 0.1) is 0 Å². The van der Waals surface area contributed by atoms with E-state index in [1.807, 2.05) is 27.7 Å². The molecule has 1 fully saturated rings. The smallest absolute Gasteiger partial charge is 0.167 e. The van der Waals surface area contributed by atoms with Gasteiger partial charge in [-0.05, 0) is 113 Å². The van der Waals surface area contributed by atoms with Gasteiger partial charge in [0.1, 0.15) is 12.4 Å². The van der Waals surface area contributed by atoms with Gasteiger partial charge in [-0.25, -0.2) is 0 Å². The first-order valence-corrected chi connectivity index (χ1v) is 15.3. The summed E-state index contributed by atoms with van der Waals surface area (Å²) in [5.74, 6) is 2.94. The first-order chi connectivity index (χ1) is 18.0. The Kier molecular flexibility index (Phi) is 18.0. The van der Waals surface area contributed by atoms with Gasteiger partial charge in [0, 0.05) is 11.5 Å². The lowest BCUT2D eigenvalue weighted by Gasteiger charge is -2.16. The maximum atomic E-state index is 13.1. The normalized spacial score (nSPS) is 17.0. The van der Waals surface area contributed by atoms with Gasteiger partial charge in [-0.2, -0.15) is 0 Å². The van der Waals surface area contributed by atoms with Crippen molar-refractivity contribution in [3.8, 4) is 5.75 Å². The number of ether oxygens (including phenoxy) is 1. The number of hydrogen-bond acceptors (Lipinski definition) is 2. The third kappa shape index (κ3) is 11.3. The first-order valence-electron chi connectivity index (χ1n) is 15.3. The second kappa shape index (κ2) is 19.0. The van der Waals surface area contributed by atoms with Gasteiger partial charge in [-0.3, -0.25) is 4.79 Å². The number of allylic oxidation sites excluding steroid dienone is 5. The Morgan fingerprint density at radius 3 is 2.05 bits per heavy atom. The Hall–Kier alpha value is -2.09. The summed E-state index contributed by atoms with van der Waals surface area (Å²) in [7, 11) is 0. The zero-order valence-corrected chi connectivity index (χ0v) is 27.3. The van der Waals surface area contributed by atoms with Gasteiger partial charge in [0.25, 0.3) is 0 Å². The molecule has 0 aromatic heterocycles. The number of rotatable bonds is 7. The molecule has 0 amide bonds. The van der Waals surface area contributed by atoms with Crippen LogP contribution in [0.25, 0.3) is 0 Å². The van der Waals surface area contributed by atoms with E-state index in [0.717, 1.165) is 41.2 Å². The van der Waals surface area contributed by atoms with Crippen molar-refractivity contribution in [1.82, 2.24) is 0 Å². The van der Waals surface area contributed by atoms with E-state index in [-0.39, 0.29) is 5.92 Å². The largest absolute Gasteiger partial charge is 0.489 e. The third-order valence-corrected chi connectivity index (χ3v) is 6.91. The fraction of sp³-hybridized carbons (Fsp3) is 0.639. The Bertz CT molecular complexity index is 930. The Morgan fingerprint density at radius 1 is 1.00 bits per heavy atom. The number of Topliss-reactive ketones (excluding diaryl/α,β-unsaturated/α-hetero) is 1. The zero-order valence-electron chi connectivity index (χ0n) is 27.3. The molecule has 0 saturated heterocycles. The Labute approximate surface area is 237 Å². The molecule has 0 bridgehead atoms. The minimum atomic E-state index is 0.201. The predicted molar refractivity (Wildman–Crippen MR) is 170 cm³/mol. The van der Waals surface area contributed by atoms with E-state index in [1.165, 1.54) is 48.0 Å². The summed E-state index contributed by atoms with van der Waals surface area (Å²) in [5.41, 5.74) is 8.30. The quantitative estimate of drug-likeness (QED) is 0.262. The highest BCUT2D eigenvalue weighted by molar-refractivity contribution is 6.04. The van der Waals surface area contributed by atoms with E-state index >= 15 is 0 Å². The van der Waals surface area contributed by atoms with Crippen molar-refractivity contribution in [1.29, 1.82) is 0 Å². The Balaban J connectivity index is 0.00000153. The van der Waals surface area contributed by atoms with Crippen LogP contribution in [0.2, 0.25) is 0 Å². The fourth-order valence-corrected chi connectivity index (χ4v) is 5.03. The number of carbonyl (C=O) groups is 1. The first kappa shape index (κ1) is 35.9. The van der Waals surface area contributed by atoms with Gasteiger partial charge in [0.2, 0.25) is 0 Å².